The quantitative estimate of drug-likeness (QED) is 0.557. The maximum atomic E-state index is 12.5. The van der Waals surface area contributed by atoms with E-state index in [0.717, 1.165) is 16.9 Å². The number of rotatable bonds is 8. The Morgan fingerprint density at radius 2 is 1.68 bits per heavy atom. The van der Waals surface area contributed by atoms with E-state index in [1.807, 2.05) is 32.0 Å². The zero-order valence-corrected chi connectivity index (χ0v) is 18.6. The lowest BCUT2D eigenvalue weighted by atomic mass is 10.1. The Kier molecular flexibility index (Phi) is 6.97. The topological polar surface area (TPSA) is 75.7 Å². The molecule has 0 spiro atoms. The van der Waals surface area contributed by atoms with Crippen LogP contribution < -0.4 is 14.4 Å². The van der Waals surface area contributed by atoms with E-state index in [0.29, 0.717) is 23.5 Å². The number of carbonyl (C=O) groups is 1. The number of hydrogen-bond donors (Lipinski definition) is 1. The molecule has 0 unspecified atom stereocenters. The second-order valence-electron chi connectivity index (χ2n) is 7.22. The Labute approximate surface area is 183 Å². The zero-order chi connectivity index (χ0) is 22.4. The Hall–Kier alpha value is -3.32. The van der Waals surface area contributed by atoms with Crippen LogP contribution in [-0.4, -0.2) is 27.2 Å². The highest BCUT2D eigenvalue weighted by Gasteiger charge is 2.18. The molecule has 31 heavy (non-hydrogen) atoms. The standard InChI is InChI=1S/C24H26N2O4S/c1-4-30-23-14-12-21(13-15-23)25-24(27)20-10-8-19(9-11-20)17-26(31(3,28)29)22-7-5-6-18(2)16-22/h5-16H,4,17H2,1-3H3,(H,25,27). The van der Waals surface area contributed by atoms with Gasteiger partial charge in [-0.05, 0) is 73.5 Å². The summed E-state index contributed by atoms with van der Waals surface area (Å²) >= 11 is 0. The highest BCUT2D eigenvalue weighted by molar-refractivity contribution is 7.92. The molecule has 3 aromatic carbocycles. The van der Waals surface area contributed by atoms with E-state index in [1.165, 1.54) is 10.6 Å². The normalized spacial score (nSPS) is 11.1. The number of ether oxygens (including phenoxy) is 1. The fraction of sp³-hybridized carbons (Fsp3) is 0.208. The van der Waals surface area contributed by atoms with Crippen LogP contribution in [0.4, 0.5) is 11.4 Å². The second-order valence-corrected chi connectivity index (χ2v) is 9.12. The van der Waals surface area contributed by atoms with E-state index >= 15 is 0 Å². The maximum absolute atomic E-state index is 12.5. The van der Waals surface area contributed by atoms with Crippen LogP contribution in [0.15, 0.2) is 72.8 Å². The van der Waals surface area contributed by atoms with Crippen molar-refractivity contribution in [3.05, 3.63) is 89.5 Å². The molecule has 0 radical (unpaired) electrons. The highest BCUT2D eigenvalue weighted by atomic mass is 32.2. The molecule has 0 bridgehead atoms. The molecule has 3 rings (SSSR count). The number of nitrogens with one attached hydrogen (secondary N) is 1. The fourth-order valence-corrected chi connectivity index (χ4v) is 3.99. The van der Waals surface area contributed by atoms with Gasteiger partial charge in [-0.15, -0.1) is 0 Å². The third-order valence-electron chi connectivity index (χ3n) is 4.66. The van der Waals surface area contributed by atoms with Crippen molar-refractivity contribution >= 4 is 27.3 Å². The summed E-state index contributed by atoms with van der Waals surface area (Å²) in [6.45, 7) is 4.60. The maximum Gasteiger partial charge on any atom is 0.255 e. The van der Waals surface area contributed by atoms with Crippen molar-refractivity contribution < 1.29 is 17.9 Å². The van der Waals surface area contributed by atoms with Gasteiger partial charge in [0.05, 0.1) is 25.1 Å². The predicted molar refractivity (Wildman–Crippen MR) is 124 cm³/mol. The number of anilines is 2. The summed E-state index contributed by atoms with van der Waals surface area (Å²) in [7, 11) is -3.46. The van der Waals surface area contributed by atoms with Gasteiger partial charge in [0, 0.05) is 11.3 Å². The fourth-order valence-electron chi connectivity index (χ4n) is 3.11. The summed E-state index contributed by atoms with van der Waals surface area (Å²) < 4.78 is 31.4. The Balaban J connectivity index is 1.71. The lowest BCUT2D eigenvalue weighted by Gasteiger charge is -2.23. The van der Waals surface area contributed by atoms with Gasteiger partial charge in [0.2, 0.25) is 10.0 Å². The van der Waals surface area contributed by atoms with Crippen LogP contribution in [0.2, 0.25) is 0 Å². The van der Waals surface area contributed by atoms with Crippen LogP contribution in [0.3, 0.4) is 0 Å². The molecule has 0 saturated heterocycles. The first-order valence-corrected chi connectivity index (χ1v) is 11.8. The van der Waals surface area contributed by atoms with Crippen LogP contribution in [-0.2, 0) is 16.6 Å². The van der Waals surface area contributed by atoms with Crippen LogP contribution in [0, 0.1) is 6.92 Å². The van der Waals surface area contributed by atoms with E-state index in [1.54, 1.807) is 54.6 Å². The first kappa shape index (κ1) is 22.4. The van der Waals surface area contributed by atoms with E-state index < -0.39 is 10.0 Å². The van der Waals surface area contributed by atoms with Crippen LogP contribution in [0.5, 0.6) is 5.75 Å². The van der Waals surface area contributed by atoms with Gasteiger partial charge < -0.3 is 10.1 Å². The van der Waals surface area contributed by atoms with Crippen LogP contribution in [0.25, 0.3) is 0 Å². The van der Waals surface area contributed by atoms with Crippen molar-refractivity contribution in [3.63, 3.8) is 0 Å². The van der Waals surface area contributed by atoms with Crippen LogP contribution >= 0.6 is 0 Å². The van der Waals surface area contributed by atoms with E-state index in [9.17, 15) is 13.2 Å². The van der Waals surface area contributed by atoms with Gasteiger partial charge in [0.15, 0.2) is 0 Å². The van der Waals surface area contributed by atoms with Crippen molar-refractivity contribution in [1.29, 1.82) is 0 Å². The van der Waals surface area contributed by atoms with Gasteiger partial charge in [-0.1, -0.05) is 24.3 Å². The highest BCUT2D eigenvalue weighted by Crippen LogP contribution is 2.22. The summed E-state index contributed by atoms with van der Waals surface area (Å²) in [5, 5.41) is 2.84. The predicted octanol–water partition coefficient (Wildman–Crippen LogP) is 4.61. The molecule has 1 N–H and O–H groups in total. The molecule has 0 saturated carbocycles. The molecule has 0 aliphatic rings. The summed E-state index contributed by atoms with van der Waals surface area (Å²) in [6.07, 6.45) is 1.19. The molecule has 0 fully saturated rings. The lowest BCUT2D eigenvalue weighted by Crippen LogP contribution is -2.29. The van der Waals surface area contributed by atoms with Crippen molar-refractivity contribution in [2.75, 3.05) is 22.5 Å². The van der Waals surface area contributed by atoms with Gasteiger partial charge in [-0.3, -0.25) is 9.10 Å². The third-order valence-corrected chi connectivity index (χ3v) is 5.80. The van der Waals surface area contributed by atoms with Gasteiger partial charge in [-0.2, -0.15) is 0 Å². The molecule has 7 heteroatoms. The minimum Gasteiger partial charge on any atom is -0.494 e. The number of benzene rings is 3. The van der Waals surface area contributed by atoms with Gasteiger partial charge in [-0.25, -0.2) is 8.42 Å². The van der Waals surface area contributed by atoms with E-state index in [-0.39, 0.29) is 12.5 Å². The average Bonchev–Trinajstić information content (AvgIpc) is 2.73. The molecule has 0 aliphatic carbocycles. The largest absolute Gasteiger partial charge is 0.494 e. The second kappa shape index (κ2) is 9.66. The number of hydrogen-bond acceptors (Lipinski definition) is 4. The molecule has 0 atom stereocenters. The summed E-state index contributed by atoms with van der Waals surface area (Å²) in [5.74, 6) is 0.503. The third kappa shape index (κ3) is 6.08. The van der Waals surface area contributed by atoms with Crippen molar-refractivity contribution in [1.82, 2.24) is 0 Å². The SMILES string of the molecule is CCOc1ccc(NC(=O)c2ccc(CN(c3cccc(C)c3)S(C)(=O)=O)cc2)cc1. The lowest BCUT2D eigenvalue weighted by molar-refractivity contribution is 0.102. The van der Waals surface area contributed by atoms with Gasteiger partial charge in [0.1, 0.15) is 5.75 Å². The number of aryl methyl sites for hydroxylation is 1. The molecule has 3 aromatic rings. The Morgan fingerprint density at radius 1 is 1.00 bits per heavy atom. The van der Waals surface area contributed by atoms with Crippen molar-refractivity contribution in [3.8, 4) is 5.75 Å². The van der Waals surface area contributed by atoms with Gasteiger partial charge >= 0.3 is 0 Å². The molecule has 0 heterocycles. The number of amides is 1. The zero-order valence-electron chi connectivity index (χ0n) is 17.8. The first-order valence-electron chi connectivity index (χ1n) is 9.94. The summed E-state index contributed by atoms with van der Waals surface area (Å²) in [6, 6.07) is 21.4. The minimum atomic E-state index is -3.46. The molecular formula is C24H26N2O4S. The minimum absolute atomic E-state index is 0.184. The van der Waals surface area contributed by atoms with Crippen LogP contribution in [0.1, 0.15) is 28.4 Å². The number of carbonyl (C=O) groups excluding carboxylic acids is 1. The number of nitrogens with zero attached hydrogens (tertiary/aromatic N) is 1. The average molecular weight is 439 g/mol. The molecule has 162 valence electrons. The molecule has 0 aromatic heterocycles. The molecular weight excluding hydrogens is 412 g/mol. The molecule has 6 nitrogen and oxygen atoms in total. The van der Waals surface area contributed by atoms with Crippen molar-refractivity contribution in [2.24, 2.45) is 0 Å². The van der Waals surface area contributed by atoms with Crippen molar-refractivity contribution in [2.45, 2.75) is 20.4 Å². The van der Waals surface area contributed by atoms with E-state index in [2.05, 4.69) is 5.32 Å². The molecule has 1 amide bonds. The summed E-state index contributed by atoms with van der Waals surface area (Å²) in [4.78, 5) is 12.5. The monoisotopic (exact) mass is 438 g/mol. The number of sulfonamides is 1. The molecule has 0 aliphatic heterocycles. The van der Waals surface area contributed by atoms with E-state index in [4.69, 9.17) is 4.74 Å². The summed E-state index contributed by atoms with van der Waals surface area (Å²) in [5.41, 5.74) is 3.52. The first-order chi connectivity index (χ1) is 14.8. The van der Waals surface area contributed by atoms with Gasteiger partial charge in [0.25, 0.3) is 5.91 Å². The Morgan fingerprint density at radius 3 is 2.26 bits per heavy atom. The smallest absolute Gasteiger partial charge is 0.255 e. The Bertz CT molecular complexity index is 1140.